The molecule has 0 saturated heterocycles. The zero-order valence-corrected chi connectivity index (χ0v) is 16.1. The molecule has 0 aliphatic carbocycles. The van der Waals surface area contributed by atoms with Crippen LogP contribution < -0.4 is 4.74 Å². The molecule has 136 valence electrons. The summed E-state index contributed by atoms with van der Waals surface area (Å²) in [7, 11) is 5.31. The van der Waals surface area contributed by atoms with Gasteiger partial charge in [-0.05, 0) is 44.5 Å². The number of aromatic nitrogens is 3. The fourth-order valence-corrected chi connectivity index (χ4v) is 3.21. The van der Waals surface area contributed by atoms with Gasteiger partial charge in [-0.15, -0.1) is 0 Å². The minimum absolute atomic E-state index is 0.0417. The maximum atomic E-state index is 13.2. The van der Waals surface area contributed by atoms with Gasteiger partial charge in [0.15, 0.2) is 5.65 Å². The zero-order chi connectivity index (χ0) is 19.0. The molecule has 3 rings (SSSR count). The third-order valence-electron chi connectivity index (χ3n) is 4.83. The van der Waals surface area contributed by atoms with Crippen LogP contribution in [0.2, 0.25) is 0 Å². The lowest BCUT2D eigenvalue weighted by atomic mass is 10.0. The molecule has 3 aromatic rings. The largest absolute Gasteiger partial charge is 0.497 e. The summed E-state index contributed by atoms with van der Waals surface area (Å²) in [5, 5.41) is 5.24. The highest BCUT2D eigenvalue weighted by atomic mass is 16.5. The number of methoxy groups -OCH3 is 1. The van der Waals surface area contributed by atoms with E-state index >= 15 is 0 Å². The maximum absolute atomic E-state index is 13.2. The smallest absolute Gasteiger partial charge is 0.254 e. The standard InChI is InChI=1S/C20H24N4O2/c1-12-11-17(18-13(2)22-24(5)19(18)21-12)20(25)23(4)14(3)15-7-9-16(26-6)10-8-15/h7-11,14H,1-6H3. The molecule has 0 N–H and O–H groups in total. The molecule has 1 atom stereocenters. The SMILES string of the molecule is COc1ccc(C(C)N(C)C(=O)c2cc(C)nc3c2c(C)nn3C)cc1. The molecular weight excluding hydrogens is 328 g/mol. The van der Waals surface area contributed by atoms with Crippen LogP contribution in [0.15, 0.2) is 30.3 Å². The molecule has 0 fully saturated rings. The Kier molecular flexibility index (Phi) is 4.68. The Morgan fingerprint density at radius 2 is 1.88 bits per heavy atom. The predicted octanol–water partition coefficient (Wildman–Crippen LogP) is 3.43. The van der Waals surface area contributed by atoms with Gasteiger partial charge in [-0.1, -0.05) is 12.1 Å². The highest BCUT2D eigenvalue weighted by molar-refractivity contribution is 6.06. The molecule has 26 heavy (non-hydrogen) atoms. The summed E-state index contributed by atoms with van der Waals surface area (Å²) in [6, 6.07) is 9.55. The lowest BCUT2D eigenvalue weighted by Gasteiger charge is -2.26. The van der Waals surface area contributed by atoms with Crippen molar-refractivity contribution in [3.8, 4) is 5.75 Å². The molecule has 0 radical (unpaired) electrons. The van der Waals surface area contributed by atoms with E-state index in [0.717, 1.165) is 33.7 Å². The molecule has 0 aliphatic rings. The number of benzene rings is 1. The first-order chi connectivity index (χ1) is 12.3. The van der Waals surface area contributed by atoms with Gasteiger partial charge in [-0.2, -0.15) is 5.10 Å². The maximum Gasteiger partial charge on any atom is 0.254 e. The van der Waals surface area contributed by atoms with Crippen molar-refractivity contribution in [2.45, 2.75) is 26.8 Å². The average Bonchev–Trinajstić information content (AvgIpc) is 2.93. The molecule has 2 heterocycles. The lowest BCUT2D eigenvalue weighted by Crippen LogP contribution is -2.30. The van der Waals surface area contributed by atoms with E-state index in [-0.39, 0.29) is 11.9 Å². The van der Waals surface area contributed by atoms with Gasteiger partial charge in [0.25, 0.3) is 5.91 Å². The van der Waals surface area contributed by atoms with E-state index in [2.05, 4.69) is 10.1 Å². The molecule has 6 nitrogen and oxygen atoms in total. The van der Waals surface area contributed by atoms with Gasteiger partial charge in [-0.3, -0.25) is 9.48 Å². The predicted molar refractivity (Wildman–Crippen MR) is 101 cm³/mol. The lowest BCUT2D eigenvalue weighted by molar-refractivity contribution is 0.0744. The fourth-order valence-electron chi connectivity index (χ4n) is 3.21. The average molecular weight is 352 g/mol. The molecule has 2 aromatic heterocycles. The van der Waals surface area contributed by atoms with E-state index in [1.807, 2.05) is 65.2 Å². The van der Waals surface area contributed by atoms with Crippen LogP contribution in [-0.2, 0) is 7.05 Å². The van der Waals surface area contributed by atoms with Crippen molar-refractivity contribution in [3.05, 3.63) is 52.8 Å². The van der Waals surface area contributed by atoms with Crippen molar-refractivity contribution in [1.82, 2.24) is 19.7 Å². The Morgan fingerprint density at radius 1 is 1.23 bits per heavy atom. The van der Waals surface area contributed by atoms with Crippen LogP contribution >= 0.6 is 0 Å². The van der Waals surface area contributed by atoms with Gasteiger partial charge in [-0.25, -0.2) is 4.98 Å². The van der Waals surface area contributed by atoms with Crippen LogP contribution in [0.3, 0.4) is 0 Å². The molecule has 0 aliphatic heterocycles. The topological polar surface area (TPSA) is 60.2 Å². The van der Waals surface area contributed by atoms with E-state index in [1.54, 1.807) is 16.7 Å². The fraction of sp³-hybridized carbons (Fsp3) is 0.350. The Bertz CT molecular complexity index is 960. The van der Waals surface area contributed by atoms with Crippen molar-refractivity contribution in [1.29, 1.82) is 0 Å². The van der Waals surface area contributed by atoms with E-state index in [9.17, 15) is 4.79 Å². The highest BCUT2D eigenvalue weighted by Crippen LogP contribution is 2.27. The molecule has 1 amide bonds. The second-order valence-electron chi connectivity index (χ2n) is 6.58. The van der Waals surface area contributed by atoms with E-state index in [0.29, 0.717) is 5.56 Å². The van der Waals surface area contributed by atoms with Crippen molar-refractivity contribution in [3.63, 3.8) is 0 Å². The van der Waals surface area contributed by atoms with E-state index in [1.165, 1.54) is 0 Å². The molecule has 0 bridgehead atoms. The number of fused-ring (bicyclic) bond motifs is 1. The number of aryl methyl sites for hydroxylation is 3. The van der Waals surface area contributed by atoms with Gasteiger partial charge in [0.05, 0.1) is 29.8 Å². The summed E-state index contributed by atoms with van der Waals surface area (Å²) in [4.78, 5) is 19.5. The summed E-state index contributed by atoms with van der Waals surface area (Å²) < 4.78 is 6.93. The first kappa shape index (κ1) is 17.9. The number of nitrogens with zero attached hydrogens (tertiary/aromatic N) is 4. The minimum atomic E-state index is -0.0751. The summed E-state index contributed by atoms with van der Waals surface area (Å²) >= 11 is 0. The summed E-state index contributed by atoms with van der Waals surface area (Å²) in [5.74, 6) is 0.757. The Labute approximate surface area is 153 Å². The third kappa shape index (κ3) is 3.03. The normalized spacial score (nSPS) is 12.2. The number of ether oxygens (including phenoxy) is 1. The highest BCUT2D eigenvalue weighted by Gasteiger charge is 2.24. The van der Waals surface area contributed by atoms with Crippen molar-refractivity contribution in [2.75, 3.05) is 14.2 Å². The number of carbonyl (C=O) groups excluding carboxylic acids is 1. The van der Waals surface area contributed by atoms with Gasteiger partial charge in [0.2, 0.25) is 0 Å². The third-order valence-corrected chi connectivity index (χ3v) is 4.83. The molecule has 1 unspecified atom stereocenters. The van der Waals surface area contributed by atoms with E-state index < -0.39 is 0 Å². The number of carbonyl (C=O) groups is 1. The monoisotopic (exact) mass is 352 g/mol. The van der Waals surface area contributed by atoms with Crippen LogP contribution in [0.5, 0.6) is 5.75 Å². The second kappa shape index (κ2) is 6.78. The van der Waals surface area contributed by atoms with Gasteiger partial charge in [0, 0.05) is 19.8 Å². The number of hydrogen-bond donors (Lipinski definition) is 0. The minimum Gasteiger partial charge on any atom is -0.497 e. The van der Waals surface area contributed by atoms with Crippen molar-refractivity contribution < 1.29 is 9.53 Å². The molecule has 0 spiro atoms. The molecule has 0 saturated carbocycles. The number of hydrogen-bond acceptors (Lipinski definition) is 4. The van der Waals surface area contributed by atoms with Crippen LogP contribution in [0, 0.1) is 13.8 Å². The Balaban J connectivity index is 1.99. The van der Waals surface area contributed by atoms with Crippen molar-refractivity contribution >= 4 is 16.9 Å². The summed E-state index contributed by atoms with van der Waals surface area (Å²) in [5.41, 5.74) is 4.03. The number of amides is 1. The Hall–Kier alpha value is -2.89. The molecular formula is C20H24N4O2. The van der Waals surface area contributed by atoms with Crippen molar-refractivity contribution in [2.24, 2.45) is 7.05 Å². The van der Waals surface area contributed by atoms with Gasteiger partial charge < -0.3 is 9.64 Å². The van der Waals surface area contributed by atoms with Crippen LogP contribution in [0.1, 0.15) is 40.3 Å². The van der Waals surface area contributed by atoms with Gasteiger partial charge >= 0.3 is 0 Å². The second-order valence-corrected chi connectivity index (χ2v) is 6.58. The summed E-state index contributed by atoms with van der Waals surface area (Å²) in [6.07, 6.45) is 0. The van der Waals surface area contributed by atoms with Crippen LogP contribution in [0.25, 0.3) is 11.0 Å². The number of rotatable bonds is 4. The first-order valence-corrected chi connectivity index (χ1v) is 8.55. The quantitative estimate of drug-likeness (QED) is 0.722. The first-order valence-electron chi connectivity index (χ1n) is 8.55. The van der Waals surface area contributed by atoms with Crippen LogP contribution in [-0.4, -0.2) is 39.7 Å². The zero-order valence-electron chi connectivity index (χ0n) is 16.1. The molecule has 6 heteroatoms. The van der Waals surface area contributed by atoms with E-state index in [4.69, 9.17) is 4.74 Å². The Morgan fingerprint density at radius 3 is 2.50 bits per heavy atom. The van der Waals surface area contributed by atoms with Gasteiger partial charge in [0.1, 0.15) is 5.75 Å². The van der Waals surface area contributed by atoms with Crippen LogP contribution in [0.4, 0.5) is 0 Å². The number of pyridine rings is 1. The molecule has 1 aromatic carbocycles. The summed E-state index contributed by atoms with van der Waals surface area (Å²) in [6.45, 7) is 5.82.